The Labute approximate surface area is 168 Å². The molecule has 0 aliphatic carbocycles. The molecule has 12 heteroatoms. The van der Waals surface area contributed by atoms with E-state index in [0.717, 1.165) is 0 Å². The smallest absolute Gasteiger partial charge is 0.326 e. The molecular formula is C17H31N5O7. The summed E-state index contributed by atoms with van der Waals surface area (Å²) in [7, 11) is 0. The molecule has 12 nitrogen and oxygen atoms in total. The summed E-state index contributed by atoms with van der Waals surface area (Å²) in [6.45, 7) is 4.35. The van der Waals surface area contributed by atoms with Gasteiger partial charge in [-0.2, -0.15) is 0 Å². The van der Waals surface area contributed by atoms with Gasteiger partial charge in [-0.25, -0.2) is 4.79 Å². The molecule has 0 saturated heterocycles. The van der Waals surface area contributed by atoms with E-state index in [1.165, 1.54) is 6.92 Å². The van der Waals surface area contributed by atoms with Gasteiger partial charge < -0.3 is 37.6 Å². The van der Waals surface area contributed by atoms with Crippen LogP contribution in [0, 0.1) is 5.92 Å². The molecule has 0 fully saturated rings. The van der Waals surface area contributed by atoms with Crippen LogP contribution in [0.4, 0.5) is 0 Å². The Kier molecular flexibility index (Phi) is 11.5. The fourth-order valence-corrected chi connectivity index (χ4v) is 2.27. The van der Waals surface area contributed by atoms with E-state index in [2.05, 4.69) is 16.0 Å². The lowest BCUT2D eigenvalue weighted by molar-refractivity contribution is -0.143. The molecule has 0 radical (unpaired) electrons. The third-order valence-corrected chi connectivity index (χ3v) is 3.90. The quantitative estimate of drug-likeness (QED) is 0.165. The zero-order valence-corrected chi connectivity index (χ0v) is 16.8. The Morgan fingerprint density at radius 2 is 1.55 bits per heavy atom. The number of nitrogens with two attached hydrogens (primary N) is 2. The number of amides is 4. The van der Waals surface area contributed by atoms with Crippen LogP contribution in [-0.2, 0) is 24.0 Å². The fourth-order valence-electron chi connectivity index (χ4n) is 2.27. The Hall–Kier alpha value is -2.73. The van der Waals surface area contributed by atoms with Crippen LogP contribution in [0.15, 0.2) is 0 Å². The van der Waals surface area contributed by atoms with Crippen LogP contribution >= 0.6 is 0 Å². The van der Waals surface area contributed by atoms with Crippen molar-refractivity contribution in [3.8, 4) is 0 Å². The van der Waals surface area contributed by atoms with E-state index in [1.807, 2.05) is 0 Å². The van der Waals surface area contributed by atoms with Gasteiger partial charge in [-0.15, -0.1) is 0 Å². The van der Waals surface area contributed by atoms with Gasteiger partial charge in [0.05, 0.1) is 12.6 Å². The summed E-state index contributed by atoms with van der Waals surface area (Å²) in [5.74, 6) is -4.27. The SMILES string of the molecule is CC(C)CC(NC(=O)C(CCC(N)=O)NC(=O)CNC(=O)C(N)C(C)O)C(=O)O. The Morgan fingerprint density at radius 3 is 2.00 bits per heavy atom. The highest BCUT2D eigenvalue weighted by atomic mass is 16.4. The van der Waals surface area contributed by atoms with Crippen LogP contribution < -0.4 is 27.4 Å². The van der Waals surface area contributed by atoms with E-state index < -0.39 is 60.4 Å². The van der Waals surface area contributed by atoms with Crippen LogP contribution in [0.5, 0.6) is 0 Å². The highest BCUT2D eigenvalue weighted by Gasteiger charge is 2.27. The molecule has 0 aliphatic rings. The summed E-state index contributed by atoms with van der Waals surface area (Å²) in [5, 5.41) is 25.4. The number of hydrogen-bond acceptors (Lipinski definition) is 7. The van der Waals surface area contributed by atoms with Gasteiger partial charge in [0.1, 0.15) is 18.1 Å². The van der Waals surface area contributed by atoms with Crippen molar-refractivity contribution in [1.82, 2.24) is 16.0 Å². The Balaban J connectivity index is 5.00. The first kappa shape index (κ1) is 26.3. The van der Waals surface area contributed by atoms with Crippen LogP contribution in [0.25, 0.3) is 0 Å². The minimum atomic E-state index is -1.23. The molecule has 4 unspecified atom stereocenters. The molecule has 0 aliphatic heterocycles. The van der Waals surface area contributed by atoms with Crippen LogP contribution in [0.3, 0.4) is 0 Å². The normalized spacial score (nSPS) is 15.0. The molecule has 0 heterocycles. The number of carbonyl (C=O) groups excluding carboxylic acids is 4. The molecule has 166 valence electrons. The van der Waals surface area contributed by atoms with Crippen molar-refractivity contribution in [2.75, 3.05) is 6.54 Å². The first-order chi connectivity index (χ1) is 13.3. The zero-order chi connectivity index (χ0) is 22.7. The molecule has 0 aromatic carbocycles. The first-order valence-electron chi connectivity index (χ1n) is 9.17. The van der Waals surface area contributed by atoms with Crippen LogP contribution in [-0.4, -0.2) is 70.6 Å². The molecule has 29 heavy (non-hydrogen) atoms. The topological polar surface area (TPSA) is 214 Å². The summed E-state index contributed by atoms with van der Waals surface area (Å²) in [6, 6.07) is -3.63. The fraction of sp³-hybridized carbons (Fsp3) is 0.706. The van der Waals surface area contributed by atoms with Gasteiger partial charge in [0.25, 0.3) is 0 Å². The van der Waals surface area contributed by atoms with Crippen molar-refractivity contribution in [3.63, 3.8) is 0 Å². The number of carboxylic acid groups (broad SMARTS) is 1. The standard InChI is InChI=1S/C17H31N5O7/c1-8(2)6-11(17(28)29)22-15(26)10(4-5-12(18)24)21-13(25)7-20-16(27)14(19)9(3)23/h8-11,14,23H,4-7,19H2,1-3H3,(H2,18,24)(H,20,27)(H,21,25)(H,22,26)(H,28,29). The summed E-state index contributed by atoms with van der Waals surface area (Å²) >= 11 is 0. The number of carboxylic acids is 1. The average Bonchev–Trinajstić information content (AvgIpc) is 2.60. The molecule has 9 N–H and O–H groups in total. The molecule has 0 bridgehead atoms. The number of aliphatic carboxylic acids is 1. The van der Waals surface area contributed by atoms with Gasteiger partial charge >= 0.3 is 5.97 Å². The van der Waals surface area contributed by atoms with E-state index in [0.29, 0.717) is 0 Å². The highest BCUT2D eigenvalue weighted by molar-refractivity contribution is 5.92. The number of carbonyl (C=O) groups is 5. The number of aliphatic hydroxyl groups is 1. The van der Waals surface area contributed by atoms with Gasteiger partial charge in [0, 0.05) is 6.42 Å². The predicted molar refractivity (Wildman–Crippen MR) is 102 cm³/mol. The second-order valence-electron chi connectivity index (χ2n) is 7.14. The maximum atomic E-state index is 12.4. The molecule has 0 aromatic rings. The van der Waals surface area contributed by atoms with Crippen molar-refractivity contribution in [3.05, 3.63) is 0 Å². The van der Waals surface area contributed by atoms with Gasteiger partial charge in [-0.1, -0.05) is 13.8 Å². The second-order valence-corrected chi connectivity index (χ2v) is 7.14. The van der Waals surface area contributed by atoms with Gasteiger partial charge in [-0.3, -0.25) is 19.2 Å². The average molecular weight is 417 g/mol. The molecule has 0 spiro atoms. The van der Waals surface area contributed by atoms with E-state index in [9.17, 15) is 34.2 Å². The van der Waals surface area contributed by atoms with Gasteiger partial charge in [0.2, 0.25) is 23.6 Å². The maximum Gasteiger partial charge on any atom is 0.326 e. The Bertz CT molecular complexity index is 609. The van der Waals surface area contributed by atoms with Crippen molar-refractivity contribution in [2.45, 2.75) is 64.3 Å². The Morgan fingerprint density at radius 1 is 0.966 bits per heavy atom. The number of rotatable bonds is 13. The monoisotopic (exact) mass is 417 g/mol. The summed E-state index contributed by atoms with van der Waals surface area (Å²) in [6.07, 6.45) is -1.33. The molecule has 4 amide bonds. The summed E-state index contributed by atoms with van der Waals surface area (Å²) in [4.78, 5) is 58.5. The zero-order valence-electron chi connectivity index (χ0n) is 16.8. The number of hydrogen-bond donors (Lipinski definition) is 7. The third kappa shape index (κ3) is 11.0. The van der Waals surface area contributed by atoms with Crippen LogP contribution in [0.2, 0.25) is 0 Å². The molecule has 0 rings (SSSR count). The predicted octanol–water partition coefficient (Wildman–Crippen LogP) is -2.82. The number of nitrogens with one attached hydrogen (secondary N) is 3. The minimum Gasteiger partial charge on any atom is -0.480 e. The van der Waals surface area contributed by atoms with E-state index in [-0.39, 0.29) is 25.2 Å². The third-order valence-electron chi connectivity index (χ3n) is 3.90. The van der Waals surface area contributed by atoms with Gasteiger partial charge in [0.15, 0.2) is 0 Å². The maximum absolute atomic E-state index is 12.4. The lowest BCUT2D eigenvalue weighted by Crippen LogP contribution is -2.54. The first-order valence-corrected chi connectivity index (χ1v) is 9.17. The molecule has 0 aromatic heterocycles. The molecular weight excluding hydrogens is 386 g/mol. The minimum absolute atomic E-state index is 0.0107. The second kappa shape index (κ2) is 12.7. The summed E-state index contributed by atoms with van der Waals surface area (Å²) in [5.41, 5.74) is 10.5. The molecule has 4 atom stereocenters. The van der Waals surface area contributed by atoms with Gasteiger partial charge in [-0.05, 0) is 25.7 Å². The lowest BCUT2D eigenvalue weighted by atomic mass is 10.0. The number of primary amides is 1. The van der Waals surface area contributed by atoms with Crippen LogP contribution in [0.1, 0.15) is 40.0 Å². The van der Waals surface area contributed by atoms with Crippen molar-refractivity contribution in [2.24, 2.45) is 17.4 Å². The van der Waals surface area contributed by atoms with Crippen molar-refractivity contribution >= 4 is 29.6 Å². The summed E-state index contributed by atoms with van der Waals surface area (Å²) < 4.78 is 0. The van der Waals surface area contributed by atoms with E-state index >= 15 is 0 Å². The highest BCUT2D eigenvalue weighted by Crippen LogP contribution is 2.06. The van der Waals surface area contributed by atoms with Crippen molar-refractivity contribution < 1.29 is 34.2 Å². The van der Waals surface area contributed by atoms with E-state index in [1.54, 1.807) is 13.8 Å². The largest absolute Gasteiger partial charge is 0.480 e. The lowest BCUT2D eigenvalue weighted by Gasteiger charge is -2.22. The van der Waals surface area contributed by atoms with E-state index in [4.69, 9.17) is 11.5 Å². The number of aliphatic hydroxyl groups excluding tert-OH is 1. The van der Waals surface area contributed by atoms with Crippen molar-refractivity contribution in [1.29, 1.82) is 0 Å². The molecule has 0 saturated carbocycles.